The number of hydrogen-bond donors (Lipinski definition) is 1. The number of nitrogens with zero attached hydrogens (tertiary/aromatic N) is 1. The van der Waals surface area contributed by atoms with Gasteiger partial charge in [0.1, 0.15) is 0 Å². The van der Waals surface area contributed by atoms with Gasteiger partial charge in [-0.1, -0.05) is 18.2 Å². The SMILES string of the molecule is O=C(Nc1cccc(C(=O)N2CCCC2)c1)C1CC=CCC1. The van der Waals surface area contributed by atoms with Crippen molar-refractivity contribution < 1.29 is 9.59 Å². The molecule has 4 nitrogen and oxygen atoms in total. The standard InChI is InChI=1S/C18H22N2O2/c21-17(14-7-2-1-3-8-14)19-16-10-6-9-15(13-16)18(22)20-11-4-5-12-20/h1-2,6,9-10,13-14H,3-5,7-8,11-12H2,(H,19,21). The van der Waals surface area contributed by atoms with Gasteiger partial charge in [0.05, 0.1) is 0 Å². The molecule has 0 spiro atoms. The highest BCUT2D eigenvalue weighted by Crippen LogP contribution is 2.21. The summed E-state index contributed by atoms with van der Waals surface area (Å²) in [7, 11) is 0. The van der Waals surface area contributed by atoms with Crippen LogP contribution in [0.15, 0.2) is 36.4 Å². The maximum atomic E-state index is 12.4. The van der Waals surface area contributed by atoms with Crippen LogP contribution in [0.2, 0.25) is 0 Å². The third kappa shape index (κ3) is 3.38. The summed E-state index contributed by atoms with van der Waals surface area (Å²) in [6.07, 6.45) is 9.02. The second-order valence-electron chi connectivity index (χ2n) is 6.05. The van der Waals surface area contributed by atoms with Crippen LogP contribution < -0.4 is 5.32 Å². The molecule has 2 amide bonds. The van der Waals surface area contributed by atoms with E-state index in [9.17, 15) is 9.59 Å². The molecule has 116 valence electrons. The average Bonchev–Trinajstić information content (AvgIpc) is 3.09. The number of rotatable bonds is 3. The van der Waals surface area contributed by atoms with E-state index in [0.717, 1.165) is 45.2 Å². The molecule has 0 bridgehead atoms. The molecule has 1 aliphatic heterocycles. The van der Waals surface area contributed by atoms with E-state index in [0.29, 0.717) is 11.3 Å². The summed E-state index contributed by atoms with van der Waals surface area (Å²) in [5.41, 5.74) is 1.37. The monoisotopic (exact) mass is 298 g/mol. The lowest BCUT2D eigenvalue weighted by Gasteiger charge is -2.18. The van der Waals surface area contributed by atoms with Crippen LogP contribution in [0.3, 0.4) is 0 Å². The lowest BCUT2D eigenvalue weighted by atomic mass is 9.93. The van der Waals surface area contributed by atoms with Gasteiger partial charge in [0.2, 0.25) is 5.91 Å². The number of hydrogen-bond acceptors (Lipinski definition) is 2. The molecule has 0 radical (unpaired) electrons. The largest absolute Gasteiger partial charge is 0.339 e. The fraction of sp³-hybridized carbons (Fsp3) is 0.444. The van der Waals surface area contributed by atoms with E-state index < -0.39 is 0 Å². The summed E-state index contributed by atoms with van der Waals surface area (Å²) in [5.74, 6) is 0.159. The maximum Gasteiger partial charge on any atom is 0.253 e. The normalized spacial score (nSPS) is 20.9. The predicted octanol–water partition coefficient (Wildman–Crippen LogP) is 3.22. The van der Waals surface area contributed by atoms with Crippen LogP contribution in [0.5, 0.6) is 0 Å². The van der Waals surface area contributed by atoms with Crippen molar-refractivity contribution in [1.82, 2.24) is 4.90 Å². The van der Waals surface area contributed by atoms with Gasteiger partial charge in [-0.3, -0.25) is 9.59 Å². The summed E-state index contributed by atoms with van der Waals surface area (Å²) in [5, 5.41) is 2.95. The van der Waals surface area contributed by atoms with Gasteiger partial charge in [-0.2, -0.15) is 0 Å². The Morgan fingerprint density at radius 1 is 1.14 bits per heavy atom. The van der Waals surface area contributed by atoms with Crippen LogP contribution in [0, 0.1) is 5.92 Å². The molecule has 3 rings (SSSR count). The summed E-state index contributed by atoms with van der Waals surface area (Å²) >= 11 is 0. The average molecular weight is 298 g/mol. The zero-order chi connectivity index (χ0) is 15.4. The van der Waals surface area contributed by atoms with Crippen molar-refractivity contribution in [2.24, 2.45) is 5.92 Å². The molecule has 0 saturated carbocycles. The first-order valence-corrected chi connectivity index (χ1v) is 8.09. The molecule has 0 aromatic heterocycles. The Kier molecular flexibility index (Phi) is 4.56. The van der Waals surface area contributed by atoms with Crippen LogP contribution in [0.4, 0.5) is 5.69 Å². The summed E-state index contributed by atoms with van der Waals surface area (Å²) < 4.78 is 0. The van der Waals surface area contributed by atoms with E-state index in [1.54, 1.807) is 6.07 Å². The molecule has 1 atom stereocenters. The Morgan fingerprint density at radius 2 is 1.95 bits per heavy atom. The third-order valence-electron chi connectivity index (χ3n) is 4.41. The lowest BCUT2D eigenvalue weighted by molar-refractivity contribution is -0.120. The number of likely N-dealkylation sites (tertiary alicyclic amines) is 1. The van der Waals surface area contributed by atoms with E-state index in [-0.39, 0.29) is 17.7 Å². The minimum absolute atomic E-state index is 0.0444. The number of benzene rings is 1. The first kappa shape index (κ1) is 14.8. The summed E-state index contributed by atoms with van der Waals surface area (Å²) in [4.78, 5) is 26.5. The van der Waals surface area contributed by atoms with Crippen LogP contribution >= 0.6 is 0 Å². The Hall–Kier alpha value is -2.10. The number of nitrogens with one attached hydrogen (secondary N) is 1. The van der Waals surface area contributed by atoms with Gasteiger partial charge in [0.25, 0.3) is 5.91 Å². The van der Waals surface area contributed by atoms with Crippen molar-refractivity contribution in [2.75, 3.05) is 18.4 Å². The van der Waals surface area contributed by atoms with E-state index >= 15 is 0 Å². The molecule has 1 aromatic carbocycles. The molecule has 1 fully saturated rings. The van der Waals surface area contributed by atoms with E-state index in [1.807, 2.05) is 23.1 Å². The lowest BCUT2D eigenvalue weighted by Crippen LogP contribution is -2.28. The molecule has 2 aliphatic rings. The van der Waals surface area contributed by atoms with Crippen LogP contribution in [-0.4, -0.2) is 29.8 Å². The number of amides is 2. The Bertz CT molecular complexity index is 589. The van der Waals surface area contributed by atoms with E-state index in [4.69, 9.17) is 0 Å². The fourth-order valence-electron chi connectivity index (χ4n) is 3.11. The van der Waals surface area contributed by atoms with E-state index in [2.05, 4.69) is 17.5 Å². The molecule has 1 aromatic rings. The maximum absolute atomic E-state index is 12.4. The van der Waals surface area contributed by atoms with Crippen molar-refractivity contribution in [3.63, 3.8) is 0 Å². The Morgan fingerprint density at radius 3 is 2.68 bits per heavy atom. The van der Waals surface area contributed by atoms with Gasteiger partial charge < -0.3 is 10.2 Å². The number of anilines is 1. The fourth-order valence-corrected chi connectivity index (χ4v) is 3.11. The minimum atomic E-state index is 0.0444. The number of allylic oxidation sites excluding steroid dienone is 2. The Balaban J connectivity index is 1.66. The molecule has 1 heterocycles. The first-order valence-electron chi connectivity index (χ1n) is 8.09. The minimum Gasteiger partial charge on any atom is -0.339 e. The molecular weight excluding hydrogens is 276 g/mol. The number of carbonyl (C=O) groups excluding carboxylic acids is 2. The van der Waals surface area contributed by atoms with Crippen molar-refractivity contribution in [3.8, 4) is 0 Å². The third-order valence-corrected chi connectivity index (χ3v) is 4.41. The molecular formula is C18H22N2O2. The highest BCUT2D eigenvalue weighted by molar-refractivity contribution is 5.97. The highest BCUT2D eigenvalue weighted by atomic mass is 16.2. The van der Waals surface area contributed by atoms with Crippen molar-refractivity contribution in [1.29, 1.82) is 0 Å². The molecule has 22 heavy (non-hydrogen) atoms. The molecule has 1 unspecified atom stereocenters. The van der Waals surface area contributed by atoms with Gasteiger partial charge in [-0.15, -0.1) is 0 Å². The van der Waals surface area contributed by atoms with Crippen LogP contribution in [-0.2, 0) is 4.79 Å². The van der Waals surface area contributed by atoms with Crippen molar-refractivity contribution in [3.05, 3.63) is 42.0 Å². The first-order chi connectivity index (χ1) is 10.7. The van der Waals surface area contributed by atoms with Gasteiger partial charge >= 0.3 is 0 Å². The highest BCUT2D eigenvalue weighted by Gasteiger charge is 2.21. The zero-order valence-corrected chi connectivity index (χ0v) is 12.8. The molecule has 1 N–H and O–H groups in total. The number of carbonyl (C=O) groups is 2. The van der Waals surface area contributed by atoms with Gasteiger partial charge in [0.15, 0.2) is 0 Å². The predicted molar refractivity (Wildman–Crippen MR) is 86.7 cm³/mol. The molecule has 1 aliphatic carbocycles. The molecule has 4 heteroatoms. The van der Waals surface area contributed by atoms with Gasteiger partial charge in [0, 0.05) is 30.3 Å². The van der Waals surface area contributed by atoms with Gasteiger partial charge in [-0.25, -0.2) is 0 Å². The Labute approximate surface area is 131 Å². The zero-order valence-electron chi connectivity index (χ0n) is 12.8. The second-order valence-corrected chi connectivity index (χ2v) is 6.05. The van der Waals surface area contributed by atoms with Crippen molar-refractivity contribution >= 4 is 17.5 Å². The van der Waals surface area contributed by atoms with Crippen LogP contribution in [0.25, 0.3) is 0 Å². The molecule has 1 saturated heterocycles. The topological polar surface area (TPSA) is 49.4 Å². The van der Waals surface area contributed by atoms with Crippen molar-refractivity contribution in [2.45, 2.75) is 32.1 Å². The quantitative estimate of drug-likeness (QED) is 0.871. The van der Waals surface area contributed by atoms with Gasteiger partial charge in [-0.05, 0) is 50.3 Å². The summed E-state index contributed by atoms with van der Waals surface area (Å²) in [6, 6.07) is 7.29. The summed E-state index contributed by atoms with van der Waals surface area (Å²) in [6.45, 7) is 1.67. The van der Waals surface area contributed by atoms with E-state index in [1.165, 1.54) is 0 Å². The smallest absolute Gasteiger partial charge is 0.253 e. The second kappa shape index (κ2) is 6.77. The van der Waals surface area contributed by atoms with Crippen LogP contribution in [0.1, 0.15) is 42.5 Å².